The van der Waals surface area contributed by atoms with Gasteiger partial charge in [-0.15, -0.1) is 11.6 Å². The molecule has 1 heterocycles. The van der Waals surface area contributed by atoms with Crippen LogP contribution < -0.4 is 0 Å². The van der Waals surface area contributed by atoms with Gasteiger partial charge in [0.2, 0.25) is 0 Å². The maximum absolute atomic E-state index is 6.29. The first-order chi connectivity index (χ1) is 7.75. The van der Waals surface area contributed by atoms with E-state index in [2.05, 4.69) is 16.6 Å². The van der Waals surface area contributed by atoms with E-state index in [1.54, 1.807) is 0 Å². The monoisotopic (exact) mass is 240 g/mol. The third kappa shape index (κ3) is 3.24. The molecule has 1 aromatic rings. The number of imidazole rings is 1. The Balaban J connectivity index is 1.82. The largest absolute Gasteiger partial charge is 0.338 e. The molecule has 0 spiro atoms. The van der Waals surface area contributed by atoms with Crippen molar-refractivity contribution in [3.05, 3.63) is 18.2 Å². The quantitative estimate of drug-likeness (QED) is 0.584. The normalized spacial score (nSPS) is 26.6. The summed E-state index contributed by atoms with van der Waals surface area (Å²) in [5.74, 6) is 2.01. The summed E-state index contributed by atoms with van der Waals surface area (Å²) in [5, 5.41) is 0.411. The van der Waals surface area contributed by atoms with E-state index in [0.29, 0.717) is 5.38 Å². The molecule has 0 saturated heterocycles. The number of alkyl halides is 1. The van der Waals surface area contributed by atoms with Crippen molar-refractivity contribution in [2.24, 2.45) is 13.0 Å². The highest BCUT2D eigenvalue weighted by Gasteiger charge is 2.18. The summed E-state index contributed by atoms with van der Waals surface area (Å²) in [6.07, 6.45) is 12.7. The van der Waals surface area contributed by atoms with Crippen molar-refractivity contribution < 1.29 is 0 Å². The van der Waals surface area contributed by atoms with Gasteiger partial charge in [0.25, 0.3) is 0 Å². The molecule has 0 radical (unpaired) electrons. The van der Waals surface area contributed by atoms with Gasteiger partial charge in [-0.2, -0.15) is 0 Å². The third-order valence-corrected chi connectivity index (χ3v) is 4.06. The SMILES string of the molecule is Cn1ccnc1CCC1CCCCC(Cl)C1. The zero-order valence-electron chi connectivity index (χ0n) is 10.0. The van der Waals surface area contributed by atoms with E-state index < -0.39 is 0 Å². The van der Waals surface area contributed by atoms with Gasteiger partial charge in [0.15, 0.2) is 0 Å². The van der Waals surface area contributed by atoms with E-state index in [0.717, 1.165) is 12.3 Å². The zero-order valence-corrected chi connectivity index (χ0v) is 10.8. The molecule has 0 amide bonds. The van der Waals surface area contributed by atoms with Gasteiger partial charge in [0.05, 0.1) is 0 Å². The molecule has 0 bridgehead atoms. The molecule has 0 aromatic carbocycles. The molecule has 2 rings (SSSR count). The van der Waals surface area contributed by atoms with Gasteiger partial charge in [-0.05, 0) is 25.2 Å². The number of halogens is 1. The molecule has 1 aromatic heterocycles. The fourth-order valence-electron chi connectivity index (χ4n) is 2.63. The number of rotatable bonds is 3. The van der Waals surface area contributed by atoms with Crippen molar-refractivity contribution in [1.82, 2.24) is 9.55 Å². The molecule has 1 saturated carbocycles. The number of hydrogen-bond donors (Lipinski definition) is 0. The first kappa shape index (κ1) is 12.0. The van der Waals surface area contributed by atoms with Crippen molar-refractivity contribution in [3.8, 4) is 0 Å². The van der Waals surface area contributed by atoms with Crippen LogP contribution in [0.2, 0.25) is 0 Å². The van der Waals surface area contributed by atoms with E-state index in [4.69, 9.17) is 11.6 Å². The molecule has 3 heteroatoms. The maximum atomic E-state index is 6.29. The minimum atomic E-state index is 0.411. The maximum Gasteiger partial charge on any atom is 0.108 e. The van der Waals surface area contributed by atoms with Gasteiger partial charge < -0.3 is 4.57 Å². The lowest BCUT2D eigenvalue weighted by Crippen LogP contribution is -2.08. The van der Waals surface area contributed by atoms with Crippen molar-refractivity contribution in [1.29, 1.82) is 0 Å². The number of hydrogen-bond acceptors (Lipinski definition) is 1. The van der Waals surface area contributed by atoms with Crippen LogP contribution in [0.3, 0.4) is 0 Å². The Kier molecular flexibility index (Phi) is 4.28. The van der Waals surface area contributed by atoms with Crippen LogP contribution in [0.15, 0.2) is 12.4 Å². The van der Waals surface area contributed by atoms with E-state index in [9.17, 15) is 0 Å². The van der Waals surface area contributed by atoms with Crippen LogP contribution in [0.5, 0.6) is 0 Å². The Labute approximate surface area is 103 Å². The summed E-state index contributed by atoms with van der Waals surface area (Å²) in [4.78, 5) is 4.37. The molecule has 0 aliphatic heterocycles. The van der Waals surface area contributed by atoms with Gasteiger partial charge in [0, 0.05) is 31.2 Å². The second kappa shape index (κ2) is 5.72. The van der Waals surface area contributed by atoms with E-state index >= 15 is 0 Å². The topological polar surface area (TPSA) is 17.8 Å². The standard InChI is InChI=1S/C13H21ClN2/c1-16-9-8-15-13(16)7-6-11-4-2-3-5-12(14)10-11/h8-9,11-12H,2-7,10H2,1H3. The molecule has 16 heavy (non-hydrogen) atoms. The van der Waals surface area contributed by atoms with Gasteiger partial charge >= 0.3 is 0 Å². The highest BCUT2D eigenvalue weighted by molar-refractivity contribution is 6.20. The van der Waals surface area contributed by atoms with Crippen molar-refractivity contribution in [3.63, 3.8) is 0 Å². The fourth-order valence-corrected chi connectivity index (χ4v) is 3.04. The molecule has 1 fully saturated rings. The third-order valence-electron chi connectivity index (χ3n) is 3.67. The molecule has 2 nitrogen and oxygen atoms in total. The van der Waals surface area contributed by atoms with Crippen LogP contribution >= 0.6 is 11.6 Å². The first-order valence-corrected chi connectivity index (χ1v) is 6.79. The number of aryl methyl sites for hydroxylation is 2. The predicted molar refractivity (Wildman–Crippen MR) is 67.7 cm³/mol. The summed E-state index contributed by atoms with van der Waals surface area (Å²) in [5.41, 5.74) is 0. The summed E-state index contributed by atoms with van der Waals surface area (Å²) < 4.78 is 2.12. The van der Waals surface area contributed by atoms with Crippen LogP contribution in [-0.4, -0.2) is 14.9 Å². The van der Waals surface area contributed by atoms with E-state index in [1.807, 2.05) is 12.4 Å². The molecular weight excluding hydrogens is 220 g/mol. The minimum absolute atomic E-state index is 0.411. The Morgan fingerprint density at radius 3 is 3.00 bits per heavy atom. The average molecular weight is 241 g/mol. The zero-order chi connectivity index (χ0) is 11.4. The smallest absolute Gasteiger partial charge is 0.108 e. The second-order valence-corrected chi connectivity index (χ2v) is 5.59. The lowest BCUT2D eigenvalue weighted by atomic mass is 9.95. The average Bonchev–Trinajstić information content (AvgIpc) is 2.54. The lowest BCUT2D eigenvalue weighted by Gasteiger charge is -2.15. The summed E-state index contributed by atoms with van der Waals surface area (Å²) in [7, 11) is 2.07. The molecule has 1 aliphatic carbocycles. The van der Waals surface area contributed by atoms with Crippen molar-refractivity contribution in [2.45, 2.75) is 50.3 Å². The number of nitrogens with zero attached hydrogens (tertiary/aromatic N) is 2. The van der Waals surface area contributed by atoms with Crippen LogP contribution in [0.25, 0.3) is 0 Å². The summed E-state index contributed by atoms with van der Waals surface area (Å²) in [6, 6.07) is 0. The van der Waals surface area contributed by atoms with Gasteiger partial charge in [-0.3, -0.25) is 0 Å². The Hall–Kier alpha value is -0.500. The molecule has 2 unspecified atom stereocenters. The predicted octanol–water partition coefficient (Wildman–Crippen LogP) is 3.54. The van der Waals surface area contributed by atoms with Crippen LogP contribution in [0.4, 0.5) is 0 Å². The highest BCUT2D eigenvalue weighted by atomic mass is 35.5. The van der Waals surface area contributed by atoms with Crippen molar-refractivity contribution >= 4 is 11.6 Å². The van der Waals surface area contributed by atoms with Crippen LogP contribution in [0, 0.1) is 5.92 Å². The summed E-state index contributed by atoms with van der Waals surface area (Å²) in [6.45, 7) is 0. The van der Waals surface area contributed by atoms with Crippen LogP contribution in [-0.2, 0) is 13.5 Å². The first-order valence-electron chi connectivity index (χ1n) is 6.36. The van der Waals surface area contributed by atoms with E-state index in [-0.39, 0.29) is 0 Å². The van der Waals surface area contributed by atoms with E-state index in [1.165, 1.54) is 44.3 Å². The molecule has 0 N–H and O–H groups in total. The van der Waals surface area contributed by atoms with Gasteiger partial charge in [-0.25, -0.2) is 4.98 Å². The Morgan fingerprint density at radius 1 is 1.44 bits per heavy atom. The number of aromatic nitrogens is 2. The molecular formula is C13H21ClN2. The summed E-state index contributed by atoms with van der Waals surface area (Å²) >= 11 is 6.29. The second-order valence-electron chi connectivity index (χ2n) is 4.98. The van der Waals surface area contributed by atoms with Crippen molar-refractivity contribution in [2.75, 3.05) is 0 Å². The van der Waals surface area contributed by atoms with Crippen LogP contribution in [0.1, 0.15) is 44.3 Å². The van der Waals surface area contributed by atoms with Gasteiger partial charge in [-0.1, -0.05) is 19.3 Å². The lowest BCUT2D eigenvalue weighted by molar-refractivity contribution is 0.424. The fraction of sp³-hybridized carbons (Fsp3) is 0.769. The highest BCUT2D eigenvalue weighted by Crippen LogP contribution is 2.29. The Morgan fingerprint density at radius 2 is 2.25 bits per heavy atom. The molecule has 2 atom stereocenters. The van der Waals surface area contributed by atoms with Gasteiger partial charge in [0.1, 0.15) is 5.82 Å². The Bertz CT molecular complexity index is 321. The molecule has 90 valence electrons. The molecule has 1 aliphatic rings. The minimum Gasteiger partial charge on any atom is -0.338 e.